The summed E-state index contributed by atoms with van der Waals surface area (Å²) in [6, 6.07) is 11.3. The Morgan fingerprint density at radius 2 is 1.88 bits per heavy atom. The maximum Gasteiger partial charge on any atom is 0.272 e. The van der Waals surface area contributed by atoms with Crippen LogP contribution in [0.4, 0.5) is 0 Å². The van der Waals surface area contributed by atoms with Gasteiger partial charge in [-0.2, -0.15) is 0 Å². The second-order valence-electron chi connectivity index (χ2n) is 6.01. The molecular weight excluding hydrogens is 304 g/mol. The average molecular weight is 326 g/mol. The Morgan fingerprint density at radius 3 is 2.54 bits per heavy atom. The van der Waals surface area contributed by atoms with Crippen molar-refractivity contribution in [3.63, 3.8) is 0 Å². The maximum atomic E-state index is 12.5. The van der Waals surface area contributed by atoms with Crippen LogP contribution in [0.2, 0.25) is 0 Å². The van der Waals surface area contributed by atoms with Crippen LogP contribution in [0.5, 0.6) is 0 Å². The summed E-state index contributed by atoms with van der Waals surface area (Å²) in [5.41, 5.74) is 1.37. The smallest absolute Gasteiger partial charge is 0.272 e. The minimum atomic E-state index is -0.502. The number of carbonyl (C=O) groups is 1. The van der Waals surface area contributed by atoms with Gasteiger partial charge in [0.05, 0.1) is 6.10 Å². The Bertz CT molecular complexity index is 684. The van der Waals surface area contributed by atoms with Gasteiger partial charge in [0.2, 0.25) is 0 Å². The molecule has 0 bridgehead atoms. The summed E-state index contributed by atoms with van der Waals surface area (Å²) in [4.78, 5) is 24.7. The summed E-state index contributed by atoms with van der Waals surface area (Å²) in [6.07, 6.45) is 1.11. The van der Waals surface area contributed by atoms with E-state index in [0.717, 1.165) is 18.7 Å². The van der Waals surface area contributed by atoms with Crippen molar-refractivity contribution in [2.45, 2.75) is 13.0 Å². The SMILES string of the molecule is Cc1nccc(C(=O)N2CCN(C[C@H](O)c3ccccc3)CC2)n1. The molecule has 1 fully saturated rings. The first-order valence-electron chi connectivity index (χ1n) is 8.18. The Kier molecular flexibility index (Phi) is 5.17. The van der Waals surface area contributed by atoms with Gasteiger partial charge in [0.25, 0.3) is 5.91 Å². The lowest BCUT2D eigenvalue weighted by atomic mass is 10.1. The highest BCUT2D eigenvalue weighted by atomic mass is 16.3. The molecule has 1 aliphatic heterocycles. The normalized spacial score (nSPS) is 16.8. The van der Waals surface area contributed by atoms with Crippen molar-refractivity contribution in [2.75, 3.05) is 32.7 Å². The van der Waals surface area contributed by atoms with Gasteiger partial charge in [0.1, 0.15) is 11.5 Å². The monoisotopic (exact) mass is 326 g/mol. The number of carbonyl (C=O) groups excluding carboxylic acids is 1. The lowest BCUT2D eigenvalue weighted by molar-refractivity contribution is 0.0522. The molecule has 1 aliphatic rings. The van der Waals surface area contributed by atoms with Crippen molar-refractivity contribution in [2.24, 2.45) is 0 Å². The van der Waals surface area contributed by atoms with E-state index in [1.54, 1.807) is 19.2 Å². The van der Waals surface area contributed by atoms with Gasteiger partial charge in [0, 0.05) is 38.9 Å². The quantitative estimate of drug-likeness (QED) is 0.916. The second kappa shape index (κ2) is 7.51. The first kappa shape index (κ1) is 16.5. The molecule has 1 aromatic heterocycles. The third-order valence-corrected chi connectivity index (χ3v) is 4.27. The van der Waals surface area contributed by atoms with E-state index in [1.807, 2.05) is 35.2 Å². The third kappa shape index (κ3) is 3.96. The van der Waals surface area contributed by atoms with Crippen molar-refractivity contribution < 1.29 is 9.90 Å². The Labute approximate surface area is 141 Å². The van der Waals surface area contributed by atoms with E-state index in [-0.39, 0.29) is 5.91 Å². The Hall–Kier alpha value is -2.31. The highest BCUT2D eigenvalue weighted by molar-refractivity contribution is 5.92. The van der Waals surface area contributed by atoms with Gasteiger partial charge in [-0.15, -0.1) is 0 Å². The summed E-state index contributed by atoms with van der Waals surface area (Å²) in [6.45, 7) is 5.14. The third-order valence-electron chi connectivity index (χ3n) is 4.27. The minimum absolute atomic E-state index is 0.0521. The zero-order chi connectivity index (χ0) is 16.9. The highest BCUT2D eigenvalue weighted by Crippen LogP contribution is 2.15. The number of nitrogens with zero attached hydrogens (tertiary/aromatic N) is 4. The van der Waals surface area contributed by atoms with E-state index in [2.05, 4.69) is 14.9 Å². The molecule has 1 N–H and O–H groups in total. The van der Waals surface area contributed by atoms with E-state index in [0.29, 0.717) is 31.2 Å². The van der Waals surface area contributed by atoms with Crippen molar-refractivity contribution >= 4 is 5.91 Å². The molecule has 1 atom stereocenters. The van der Waals surface area contributed by atoms with Gasteiger partial charge < -0.3 is 10.0 Å². The molecular formula is C18H22N4O2. The van der Waals surface area contributed by atoms with E-state index in [9.17, 15) is 9.90 Å². The minimum Gasteiger partial charge on any atom is -0.387 e. The topological polar surface area (TPSA) is 69.6 Å². The number of amides is 1. The maximum absolute atomic E-state index is 12.5. The number of rotatable bonds is 4. The van der Waals surface area contributed by atoms with Crippen LogP contribution in [-0.4, -0.2) is 63.5 Å². The zero-order valence-electron chi connectivity index (χ0n) is 13.8. The summed E-state index contributed by atoms with van der Waals surface area (Å²) in [5.74, 6) is 0.550. The molecule has 1 amide bonds. The molecule has 1 aromatic carbocycles. The molecule has 6 nitrogen and oxygen atoms in total. The van der Waals surface area contributed by atoms with Crippen molar-refractivity contribution in [3.8, 4) is 0 Å². The van der Waals surface area contributed by atoms with Crippen molar-refractivity contribution in [3.05, 3.63) is 59.7 Å². The summed E-state index contributed by atoms with van der Waals surface area (Å²) in [7, 11) is 0. The van der Waals surface area contributed by atoms with E-state index < -0.39 is 6.10 Å². The van der Waals surface area contributed by atoms with Gasteiger partial charge in [0.15, 0.2) is 0 Å². The van der Waals surface area contributed by atoms with Gasteiger partial charge in [-0.05, 0) is 18.6 Å². The molecule has 0 spiro atoms. The molecule has 1 saturated heterocycles. The van der Waals surface area contributed by atoms with E-state index in [1.165, 1.54) is 0 Å². The van der Waals surface area contributed by atoms with Gasteiger partial charge in [-0.25, -0.2) is 9.97 Å². The summed E-state index contributed by atoms with van der Waals surface area (Å²) >= 11 is 0. The predicted octanol–water partition coefficient (Wildman–Crippen LogP) is 1.28. The lowest BCUT2D eigenvalue weighted by Gasteiger charge is -2.35. The number of benzene rings is 1. The summed E-state index contributed by atoms with van der Waals surface area (Å²) < 4.78 is 0. The molecule has 0 unspecified atom stereocenters. The highest BCUT2D eigenvalue weighted by Gasteiger charge is 2.24. The van der Waals surface area contributed by atoms with Crippen molar-refractivity contribution in [1.29, 1.82) is 0 Å². The lowest BCUT2D eigenvalue weighted by Crippen LogP contribution is -2.49. The predicted molar refractivity (Wildman–Crippen MR) is 90.5 cm³/mol. The number of piperazine rings is 1. The molecule has 0 aliphatic carbocycles. The number of hydrogen-bond donors (Lipinski definition) is 1. The van der Waals surface area contributed by atoms with Crippen LogP contribution in [0.15, 0.2) is 42.6 Å². The van der Waals surface area contributed by atoms with E-state index >= 15 is 0 Å². The number of aliphatic hydroxyl groups excluding tert-OH is 1. The van der Waals surface area contributed by atoms with Crippen LogP contribution >= 0.6 is 0 Å². The number of aliphatic hydroxyl groups is 1. The Balaban J connectivity index is 1.53. The van der Waals surface area contributed by atoms with Crippen LogP contribution in [0.3, 0.4) is 0 Å². The number of hydrogen-bond acceptors (Lipinski definition) is 5. The van der Waals surface area contributed by atoms with E-state index in [4.69, 9.17) is 0 Å². The molecule has 2 aromatic rings. The fourth-order valence-corrected chi connectivity index (χ4v) is 2.90. The van der Waals surface area contributed by atoms with Crippen molar-refractivity contribution in [1.82, 2.24) is 19.8 Å². The van der Waals surface area contributed by atoms with Crippen LogP contribution in [-0.2, 0) is 0 Å². The fourth-order valence-electron chi connectivity index (χ4n) is 2.90. The standard InChI is InChI=1S/C18H22N4O2/c1-14-19-8-7-16(20-14)18(24)22-11-9-21(10-12-22)13-17(23)15-5-3-2-4-6-15/h2-8,17,23H,9-13H2,1H3/t17-/m0/s1. The van der Waals surface area contributed by atoms with Crippen LogP contribution < -0.4 is 0 Å². The zero-order valence-corrected chi connectivity index (χ0v) is 13.8. The van der Waals surface area contributed by atoms with Gasteiger partial charge in [-0.3, -0.25) is 9.69 Å². The Morgan fingerprint density at radius 1 is 1.17 bits per heavy atom. The largest absolute Gasteiger partial charge is 0.387 e. The molecule has 24 heavy (non-hydrogen) atoms. The van der Waals surface area contributed by atoms with Crippen LogP contribution in [0.1, 0.15) is 28.0 Å². The molecule has 6 heteroatoms. The first-order chi connectivity index (χ1) is 11.6. The number of β-amino-alcohol motifs (C(OH)–C–C–N with tert-alkyl or cyclic N) is 1. The van der Waals surface area contributed by atoms with Gasteiger partial charge >= 0.3 is 0 Å². The molecule has 0 radical (unpaired) electrons. The first-order valence-corrected chi connectivity index (χ1v) is 8.18. The second-order valence-corrected chi connectivity index (χ2v) is 6.01. The molecule has 2 heterocycles. The molecule has 3 rings (SSSR count). The number of aromatic nitrogens is 2. The van der Waals surface area contributed by atoms with Crippen LogP contribution in [0, 0.1) is 6.92 Å². The fraction of sp³-hybridized carbons (Fsp3) is 0.389. The average Bonchev–Trinajstić information content (AvgIpc) is 2.62. The van der Waals surface area contributed by atoms with Crippen LogP contribution in [0.25, 0.3) is 0 Å². The van der Waals surface area contributed by atoms with Gasteiger partial charge in [-0.1, -0.05) is 30.3 Å². The molecule has 126 valence electrons. The molecule has 0 saturated carbocycles. The summed E-state index contributed by atoms with van der Waals surface area (Å²) in [5, 5.41) is 10.3. The number of aryl methyl sites for hydroxylation is 1.